The van der Waals surface area contributed by atoms with Gasteiger partial charge in [0.1, 0.15) is 0 Å². The molecule has 16 heavy (non-hydrogen) atoms. The zero-order chi connectivity index (χ0) is 11.4. The van der Waals surface area contributed by atoms with Crippen molar-refractivity contribution in [3.63, 3.8) is 0 Å². The Morgan fingerprint density at radius 2 is 2.00 bits per heavy atom. The molecule has 3 nitrogen and oxygen atoms in total. The number of aromatic nitrogens is 1. The van der Waals surface area contributed by atoms with Crippen molar-refractivity contribution >= 4 is 5.69 Å². The number of nitrogens with one attached hydrogen (secondary N) is 1. The molecule has 0 aromatic carbocycles. The summed E-state index contributed by atoms with van der Waals surface area (Å²) >= 11 is 0. The molecular formula is C13H20N2O. The second-order valence-electron chi connectivity index (χ2n) is 4.47. The molecular weight excluding hydrogens is 200 g/mol. The second kappa shape index (κ2) is 5.19. The number of nitrogens with zero attached hydrogens (tertiary/aromatic N) is 1. The molecule has 3 heteroatoms. The first-order chi connectivity index (χ1) is 7.79. The van der Waals surface area contributed by atoms with E-state index in [1.807, 2.05) is 13.0 Å². The van der Waals surface area contributed by atoms with Gasteiger partial charge in [0.25, 0.3) is 0 Å². The van der Waals surface area contributed by atoms with Crippen molar-refractivity contribution in [3.8, 4) is 5.88 Å². The van der Waals surface area contributed by atoms with Crippen LogP contribution in [0.25, 0.3) is 0 Å². The van der Waals surface area contributed by atoms with Crippen molar-refractivity contribution in [1.29, 1.82) is 0 Å². The molecule has 0 amide bonds. The van der Waals surface area contributed by atoms with Gasteiger partial charge in [0.05, 0.1) is 18.5 Å². The molecule has 1 aromatic heterocycles. The van der Waals surface area contributed by atoms with Crippen LogP contribution in [-0.4, -0.2) is 18.1 Å². The topological polar surface area (TPSA) is 34.1 Å². The third-order valence-electron chi connectivity index (χ3n) is 3.23. The Morgan fingerprint density at radius 3 is 2.62 bits per heavy atom. The lowest BCUT2D eigenvalue weighted by Crippen LogP contribution is -2.22. The first kappa shape index (κ1) is 11.2. The van der Waals surface area contributed by atoms with Gasteiger partial charge in [0, 0.05) is 12.1 Å². The molecule has 0 aliphatic heterocycles. The van der Waals surface area contributed by atoms with Gasteiger partial charge < -0.3 is 10.1 Å². The van der Waals surface area contributed by atoms with E-state index in [1.165, 1.54) is 32.1 Å². The molecule has 1 aromatic rings. The van der Waals surface area contributed by atoms with Crippen LogP contribution in [0.15, 0.2) is 12.1 Å². The predicted octanol–water partition coefficient (Wildman–Crippen LogP) is 3.14. The summed E-state index contributed by atoms with van der Waals surface area (Å²) < 4.78 is 5.10. The highest BCUT2D eigenvalue weighted by Gasteiger charge is 2.14. The Kier molecular flexibility index (Phi) is 3.65. The van der Waals surface area contributed by atoms with Crippen LogP contribution in [-0.2, 0) is 0 Å². The van der Waals surface area contributed by atoms with Gasteiger partial charge in [-0.1, -0.05) is 19.3 Å². The molecule has 0 bridgehead atoms. The monoisotopic (exact) mass is 220 g/mol. The zero-order valence-corrected chi connectivity index (χ0v) is 10.1. The molecule has 1 N–H and O–H groups in total. The van der Waals surface area contributed by atoms with E-state index >= 15 is 0 Å². The minimum absolute atomic E-state index is 0.627. The standard InChI is InChI=1S/C13H20N2O/c1-10-12(8-9-13(14-10)16-2)15-11-6-4-3-5-7-11/h8-9,11,15H,3-7H2,1-2H3. The summed E-state index contributed by atoms with van der Waals surface area (Å²) in [5, 5.41) is 3.58. The fourth-order valence-electron chi connectivity index (χ4n) is 2.27. The Labute approximate surface area is 97.2 Å². The highest BCUT2D eigenvalue weighted by Crippen LogP contribution is 2.24. The van der Waals surface area contributed by atoms with E-state index in [-0.39, 0.29) is 0 Å². The molecule has 0 spiro atoms. The van der Waals surface area contributed by atoms with Crippen LogP contribution in [0.2, 0.25) is 0 Å². The summed E-state index contributed by atoms with van der Waals surface area (Å²) in [6.45, 7) is 2.02. The molecule has 88 valence electrons. The maximum Gasteiger partial charge on any atom is 0.213 e. The quantitative estimate of drug-likeness (QED) is 0.849. The van der Waals surface area contributed by atoms with E-state index in [4.69, 9.17) is 4.74 Å². The van der Waals surface area contributed by atoms with Gasteiger partial charge in [-0.05, 0) is 25.8 Å². The molecule has 0 unspecified atom stereocenters. The number of ether oxygens (including phenoxy) is 1. The SMILES string of the molecule is COc1ccc(NC2CCCCC2)c(C)n1. The van der Waals surface area contributed by atoms with E-state index in [2.05, 4.69) is 16.4 Å². The van der Waals surface area contributed by atoms with Gasteiger partial charge in [-0.2, -0.15) is 0 Å². The minimum Gasteiger partial charge on any atom is -0.481 e. The van der Waals surface area contributed by atoms with Gasteiger partial charge in [-0.15, -0.1) is 0 Å². The second-order valence-corrected chi connectivity index (χ2v) is 4.47. The van der Waals surface area contributed by atoms with E-state index in [0.29, 0.717) is 11.9 Å². The zero-order valence-electron chi connectivity index (χ0n) is 10.1. The average molecular weight is 220 g/mol. The maximum atomic E-state index is 5.10. The minimum atomic E-state index is 0.627. The first-order valence-corrected chi connectivity index (χ1v) is 6.08. The molecule has 1 aliphatic carbocycles. The van der Waals surface area contributed by atoms with Crippen LogP contribution in [0.4, 0.5) is 5.69 Å². The largest absolute Gasteiger partial charge is 0.481 e. The summed E-state index contributed by atoms with van der Waals surface area (Å²) in [6, 6.07) is 4.61. The fraction of sp³-hybridized carbons (Fsp3) is 0.615. The molecule has 2 rings (SSSR count). The summed E-state index contributed by atoms with van der Waals surface area (Å²) in [5.41, 5.74) is 2.16. The first-order valence-electron chi connectivity index (χ1n) is 6.08. The van der Waals surface area contributed by atoms with Gasteiger partial charge in [0.2, 0.25) is 5.88 Å². The van der Waals surface area contributed by atoms with Gasteiger partial charge in [-0.25, -0.2) is 4.98 Å². The number of hydrogen-bond donors (Lipinski definition) is 1. The number of aryl methyl sites for hydroxylation is 1. The number of pyridine rings is 1. The summed E-state index contributed by atoms with van der Waals surface area (Å²) in [7, 11) is 1.65. The highest BCUT2D eigenvalue weighted by molar-refractivity contribution is 5.49. The molecule has 0 saturated heterocycles. The van der Waals surface area contributed by atoms with Crippen LogP contribution in [0, 0.1) is 6.92 Å². The van der Waals surface area contributed by atoms with E-state index in [1.54, 1.807) is 7.11 Å². The van der Waals surface area contributed by atoms with Crippen molar-refractivity contribution in [1.82, 2.24) is 4.98 Å². The van der Waals surface area contributed by atoms with Crippen LogP contribution < -0.4 is 10.1 Å². The maximum absolute atomic E-state index is 5.10. The van der Waals surface area contributed by atoms with E-state index in [0.717, 1.165) is 11.4 Å². The predicted molar refractivity (Wildman–Crippen MR) is 66.0 cm³/mol. The van der Waals surface area contributed by atoms with Crippen molar-refractivity contribution in [2.45, 2.75) is 45.1 Å². The fourth-order valence-corrected chi connectivity index (χ4v) is 2.27. The van der Waals surface area contributed by atoms with E-state index < -0.39 is 0 Å². The Bertz CT molecular complexity index is 346. The Morgan fingerprint density at radius 1 is 1.25 bits per heavy atom. The summed E-state index contributed by atoms with van der Waals surface area (Å²) in [4.78, 5) is 4.37. The molecule has 1 fully saturated rings. The molecule has 1 saturated carbocycles. The van der Waals surface area contributed by atoms with E-state index in [9.17, 15) is 0 Å². The summed E-state index contributed by atoms with van der Waals surface area (Å²) in [5.74, 6) is 0.687. The third-order valence-corrected chi connectivity index (χ3v) is 3.23. The van der Waals surface area contributed by atoms with Gasteiger partial charge >= 0.3 is 0 Å². The highest BCUT2D eigenvalue weighted by atomic mass is 16.5. The van der Waals surface area contributed by atoms with Crippen LogP contribution in [0.3, 0.4) is 0 Å². The molecule has 1 aliphatic rings. The number of hydrogen-bond acceptors (Lipinski definition) is 3. The average Bonchev–Trinajstić information content (AvgIpc) is 2.33. The summed E-state index contributed by atoms with van der Waals surface area (Å²) in [6.07, 6.45) is 6.65. The molecule has 0 radical (unpaired) electrons. The Balaban J connectivity index is 2.03. The smallest absolute Gasteiger partial charge is 0.213 e. The van der Waals surface area contributed by atoms with Gasteiger partial charge in [0.15, 0.2) is 0 Å². The number of anilines is 1. The lowest BCUT2D eigenvalue weighted by Gasteiger charge is -2.24. The van der Waals surface area contributed by atoms with Crippen molar-refractivity contribution in [2.75, 3.05) is 12.4 Å². The lowest BCUT2D eigenvalue weighted by molar-refractivity contribution is 0.397. The normalized spacial score (nSPS) is 17.1. The molecule has 0 atom stereocenters. The number of rotatable bonds is 3. The van der Waals surface area contributed by atoms with Crippen LogP contribution >= 0.6 is 0 Å². The Hall–Kier alpha value is -1.25. The number of methoxy groups -OCH3 is 1. The van der Waals surface area contributed by atoms with Crippen molar-refractivity contribution in [2.24, 2.45) is 0 Å². The third kappa shape index (κ3) is 2.65. The lowest BCUT2D eigenvalue weighted by atomic mass is 9.95. The van der Waals surface area contributed by atoms with Crippen LogP contribution in [0.1, 0.15) is 37.8 Å². The molecule has 1 heterocycles. The van der Waals surface area contributed by atoms with Crippen molar-refractivity contribution in [3.05, 3.63) is 17.8 Å². The van der Waals surface area contributed by atoms with Crippen LogP contribution in [0.5, 0.6) is 5.88 Å². The van der Waals surface area contributed by atoms with Crippen molar-refractivity contribution < 1.29 is 4.74 Å². The van der Waals surface area contributed by atoms with Gasteiger partial charge in [-0.3, -0.25) is 0 Å².